The Kier molecular flexibility index (Phi) is 6.08. The highest BCUT2D eigenvalue weighted by atomic mass is 19.4. The highest BCUT2D eigenvalue weighted by Crippen LogP contribution is 2.34. The zero-order valence-electron chi connectivity index (χ0n) is 19.0. The number of rotatable bonds is 6. The molecule has 36 heavy (non-hydrogen) atoms. The first-order chi connectivity index (χ1) is 17.3. The van der Waals surface area contributed by atoms with E-state index in [0.29, 0.717) is 47.0 Å². The Bertz CT molecular complexity index is 1390. The van der Waals surface area contributed by atoms with Crippen LogP contribution < -0.4 is 10.1 Å². The summed E-state index contributed by atoms with van der Waals surface area (Å²) >= 11 is 0. The lowest BCUT2D eigenvalue weighted by molar-refractivity contribution is -0.140. The molecule has 12 heteroatoms. The van der Waals surface area contributed by atoms with E-state index in [2.05, 4.69) is 37.0 Å². The molecule has 1 amide bonds. The zero-order valence-corrected chi connectivity index (χ0v) is 19.0. The van der Waals surface area contributed by atoms with E-state index in [4.69, 9.17) is 4.74 Å². The summed E-state index contributed by atoms with van der Waals surface area (Å²) in [6.07, 6.45) is 0.896. The number of piperidine rings is 1. The fraction of sp³-hybridized carbons (Fsp3) is 0.250. The molecule has 4 aromatic rings. The molecule has 1 aliphatic rings. The van der Waals surface area contributed by atoms with Crippen molar-refractivity contribution >= 4 is 22.8 Å². The fourth-order valence-corrected chi connectivity index (χ4v) is 4.15. The number of halogens is 3. The van der Waals surface area contributed by atoms with Gasteiger partial charge in [-0.05, 0) is 43.2 Å². The number of anilines is 1. The van der Waals surface area contributed by atoms with Crippen LogP contribution in [0.25, 0.3) is 22.4 Å². The SMILES string of the molecule is C=CC(=O)N1CCC[C@@H](Nc2n[nH]c3nccc(Oc4ccc(-c5ncc(C(F)(F)F)[nH]5)cc4)c23)C1. The van der Waals surface area contributed by atoms with Gasteiger partial charge in [-0.15, -0.1) is 0 Å². The average molecular weight is 497 g/mol. The van der Waals surface area contributed by atoms with Gasteiger partial charge in [0, 0.05) is 37.0 Å². The first-order valence-electron chi connectivity index (χ1n) is 11.2. The normalized spacial score (nSPS) is 16.2. The number of amides is 1. The molecular formula is C24H22F3N7O2. The van der Waals surface area contributed by atoms with Crippen molar-refractivity contribution in [3.8, 4) is 22.9 Å². The second kappa shape index (κ2) is 9.36. The topological polar surface area (TPSA) is 112 Å². The first kappa shape index (κ1) is 23.4. The van der Waals surface area contributed by atoms with Crippen LogP contribution in [0.15, 0.2) is 55.4 Å². The summed E-state index contributed by atoms with van der Waals surface area (Å²) in [5.74, 6) is 1.53. The summed E-state index contributed by atoms with van der Waals surface area (Å²) in [6.45, 7) is 4.77. The highest BCUT2D eigenvalue weighted by Gasteiger charge is 2.33. The monoisotopic (exact) mass is 497 g/mol. The number of H-pyrrole nitrogens is 2. The van der Waals surface area contributed by atoms with Crippen LogP contribution in [0.4, 0.5) is 19.0 Å². The van der Waals surface area contributed by atoms with E-state index in [0.717, 1.165) is 19.0 Å². The number of fused-ring (bicyclic) bond motifs is 1. The van der Waals surface area contributed by atoms with Crippen LogP contribution in [0.2, 0.25) is 0 Å². The van der Waals surface area contributed by atoms with Crippen molar-refractivity contribution in [2.24, 2.45) is 0 Å². The van der Waals surface area contributed by atoms with Gasteiger partial charge in [0.05, 0.1) is 6.20 Å². The summed E-state index contributed by atoms with van der Waals surface area (Å²) in [4.78, 5) is 24.2. The smallest absolute Gasteiger partial charge is 0.432 e. The highest BCUT2D eigenvalue weighted by molar-refractivity contribution is 5.93. The van der Waals surface area contributed by atoms with E-state index >= 15 is 0 Å². The van der Waals surface area contributed by atoms with Gasteiger partial charge in [-0.2, -0.15) is 18.3 Å². The number of imidazole rings is 1. The third-order valence-corrected chi connectivity index (χ3v) is 5.91. The average Bonchev–Trinajstić information content (AvgIpc) is 3.53. The molecule has 0 radical (unpaired) electrons. The van der Waals surface area contributed by atoms with Gasteiger partial charge >= 0.3 is 6.18 Å². The third kappa shape index (κ3) is 4.74. The third-order valence-electron chi connectivity index (χ3n) is 5.91. The number of alkyl halides is 3. The molecule has 1 saturated heterocycles. The van der Waals surface area contributed by atoms with Crippen molar-refractivity contribution in [2.75, 3.05) is 18.4 Å². The number of pyridine rings is 1. The second-order valence-electron chi connectivity index (χ2n) is 8.35. The number of likely N-dealkylation sites (tertiary alicyclic amines) is 1. The van der Waals surface area contributed by atoms with E-state index in [1.807, 2.05) is 0 Å². The number of carbonyl (C=O) groups is 1. The minimum Gasteiger partial charge on any atom is -0.456 e. The lowest BCUT2D eigenvalue weighted by Crippen LogP contribution is -2.44. The van der Waals surface area contributed by atoms with Crippen molar-refractivity contribution in [2.45, 2.75) is 25.1 Å². The number of nitrogens with one attached hydrogen (secondary N) is 3. The molecule has 186 valence electrons. The zero-order chi connectivity index (χ0) is 25.3. The van der Waals surface area contributed by atoms with Crippen molar-refractivity contribution in [3.63, 3.8) is 0 Å². The predicted molar refractivity (Wildman–Crippen MR) is 126 cm³/mol. The van der Waals surface area contributed by atoms with E-state index < -0.39 is 11.9 Å². The summed E-state index contributed by atoms with van der Waals surface area (Å²) < 4.78 is 44.6. The van der Waals surface area contributed by atoms with E-state index in [-0.39, 0.29) is 17.8 Å². The van der Waals surface area contributed by atoms with Gasteiger partial charge in [0.25, 0.3) is 0 Å². The van der Waals surface area contributed by atoms with Crippen molar-refractivity contribution < 1.29 is 22.7 Å². The molecule has 0 bridgehead atoms. The summed E-state index contributed by atoms with van der Waals surface area (Å²) in [7, 11) is 0. The minimum atomic E-state index is -4.49. The minimum absolute atomic E-state index is 0.00336. The number of carbonyl (C=O) groups excluding carboxylic acids is 1. The maximum absolute atomic E-state index is 12.8. The summed E-state index contributed by atoms with van der Waals surface area (Å²) in [5, 5.41) is 11.3. The Morgan fingerprint density at radius 2 is 2.03 bits per heavy atom. The molecule has 1 fully saturated rings. The number of ether oxygens (including phenoxy) is 1. The standard InChI is InChI=1S/C24H22F3N7O2/c1-2-19(35)34-11-3-4-15(13-34)30-23-20-17(9-10-28-22(20)32-33-23)36-16-7-5-14(6-8-16)21-29-12-18(31-21)24(25,26)27/h2,5-10,12,15H,1,3-4,11,13H2,(H,29,31)(H2,28,30,32,33)/t15-/m1/s1. The molecule has 3 N–H and O–H groups in total. The van der Waals surface area contributed by atoms with Crippen LogP contribution in [0, 0.1) is 0 Å². The van der Waals surface area contributed by atoms with Crippen LogP contribution in [0.3, 0.4) is 0 Å². The largest absolute Gasteiger partial charge is 0.456 e. The Labute approximate surface area is 203 Å². The quantitative estimate of drug-likeness (QED) is 0.332. The molecule has 0 spiro atoms. The van der Waals surface area contributed by atoms with Crippen LogP contribution in [0.1, 0.15) is 18.5 Å². The van der Waals surface area contributed by atoms with E-state index in [9.17, 15) is 18.0 Å². The van der Waals surface area contributed by atoms with Crippen molar-refractivity contribution in [1.82, 2.24) is 30.0 Å². The Balaban J connectivity index is 1.35. The molecule has 1 aromatic carbocycles. The van der Waals surface area contributed by atoms with Gasteiger partial charge < -0.3 is 19.9 Å². The van der Waals surface area contributed by atoms with E-state index in [1.54, 1.807) is 41.4 Å². The number of benzene rings is 1. The number of aromatic nitrogens is 5. The maximum Gasteiger partial charge on any atom is 0.432 e. The lowest BCUT2D eigenvalue weighted by Gasteiger charge is -2.32. The van der Waals surface area contributed by atoms with Crippen LogP contribution in [0.5, 0.6) is 11.5 Å². The van der Waals surface area contributed by atoms with Gasteiger partial charge in [-0.1, -0.05) is 6.58 Å². The number of nitrogens with zero attached hydrogens (tertiary/aromatic N) is 4. The summed E-state index contributed by atoms with van der Waals surface area (Å²) in [5.41, 5.74) is 0.1000. The van der Waals surface area contributed by atoms with Crippen LogP contribution in [-0.2, 0) is 11.0 Å². The maximum atomic E-state index is 12.8. The van der Waals surface area contributed by atoms with Crippen molar-refractivity contribution in [1.29, 1.82) is 0 Å². The number of aromatic amines is 2. The Hall–Kier alpha value is -4.35. The molecule has 1 aliphatic heterocycles. The molecule has 0 aliphatic carbocycles. The lowest BCUT2D eigenvalue weighted by atomic mass is 10.1. The summed E-state index contributed by atoms with van der Waals surface area (Å²) in [6, 6.07) is 8.22. The second-order valence-corrected chi connectivity index (χ2v) is 8.35. The molecule has 0 unspecified atom stereocenters. The Morgan fingerprint density at radius 3 is 2.75 bits per heavy atom. The Morgan fingerprint density at radius 1 is 1.22 bits per heavy atom. The molecule has 9 nitrogen and oxygen atoms in total. The van der Waals surface area contributed by atoms with Crippen molar-refractivity contribution in [3.05, 3.63) is 61.1 Å². The molecule has 3 aromatic heterocycles. The van der Waals surface area contributed by atoms with Crippen LogP contribution >= 0.6 is 0 Å². The van der Waals surface area contributed by atoms with Crippen LogP contribution in [-0.4, -0.2) is 55.1 Å². The van der Waals surface area contributed by atoms with Gasteiger partial charge in [0.1, 0.15) is 28.4 Å². The number of hydrogen-bond acceptors (Lipinski definition) is 6. The molecule has 5 rings (SSSR count). The van der Waals surface area contributed by atoms with Gasteiger partial charge in [-0.25, -0.2) is 9.97 Å². The molecular weight excluding hydrogens is 475 g/mol. The van der Waals surface area contributed by atoms with Gasteiger partial charge in [0.2, 0.25) is 5.91 Å². The first-order valence-corrected chi connectivity index (χ1v) is 11.2. The van der Waals surface area contributed by atoms with E-state index in [1.165, 1.54) is 6.08 Å². The molecule has 1 atom stereocenters. The molecule has 0 saturated carbocycles. The van der Waals surface area contributed by atoms with Gasteiger partial charge in [-0.3, -0.25) is 9.89 Å². The fourth-order valence-electron chi connectivity index (χ4n) is 4.15. The number of hydrogen-bond donors (Lipinski definition) is 3. The predicted octanol–water partition coefficient (Wildman–Crippen LogP) is 4.75. The van der Waals surface area contributed by atoms with Gasteiger partial charge in [0.15, 0.2) is 11.5 Å². The molecule has 4 heterocycles.